The van der Waals surface area contributed by atoms with Crippen LogP contribution in [0.5, 0.6) is 0 Å². The minimum atomic E-state index is -1.11. The van der Waals surface area contributed by atoms with E-state index in [0.717, 1.165) is 25.0 Å². The van der Waals surface area contributed by atoms with Gasteiger partial charge < -0.3 is 10.4 Å². The Bertz CT molecular complexity index is 943. The summed E-state index contributed by atoms with van der Waals surface area (Å²) in [5, 5.41) is 21.5. The zero-order chi connectivity index (χ0) is 21.4. The SMILES string of the molecule is CCCCc1ccc(C#N)c(SC(CC)C(=O)Nc2cc(C(=O)O)ccc2Cl)n1. The third-order valence-electron chi connectivity index (χ3n) is 4.21. The van der Waals surface area contributed by atoms with E-state index in [4.69, 9.17) is 16.7 Å². The topological polar surface area (TPSA) is 103 Å². The number of pyridine rings is 1. The maximum atomic E-state index is 12.8. The smallest absolute Gasteiger partial charge is 0.335 e. The summed E-state index contributed by atoms with van der Waals surface area (Å²) in [4.78, 5) is 28.5. The lowest BCUT2D eigenvalue weighted by molar-refractivity contribution is -0.115. The van der Waals surface area contributed by atoms with Crippen LogP contribution in [-0.4, -0.2) is 27.2 Å². The molecule has 6 nitrogen and oxygen atoms in total. The van der Waals surface area contributed by atoms with Crippen molar-refractivity contribution in [2.45, 2.75) is 49.8 Å². The van der Waals surface area contributed by atoms with Crippen LogP contribution >= 0.6 is 23.4 Å². The van der Waals surface area contributed by atoms with Crippen molar-refractivity contribution in [3.63, 3.8) is 0 Å². The van der Waals surface area contributed by atoms with E-state index in [1.165, 1.54) is 30.0 Å². The molecule has 0 saturated heterocycles. The van der Waals surface area contributed by atoms with E-state index in [0.29, 0.717) is 17.0 Å². The molecule has 152 valence electrons. The zero-order valence-electron chi connectivity index (χ0n) is 16.2. The Morgan fingerprint density at radius 1 is 1.31 bits per heavy atom. The number of amides is 1. The molecule has 1 aromatic carbocycles. The molecule has 0 aliphatic heterocycles. The number of anilines is 1. The number of aryl methyl sites for hydroxylation is 1. The Morgan fingerprint density at radius 3 is 2.69 bits per heavy atom. The number of nitrogens with zero attached hydrogens (tertiary/aromatic N) is 2. The zero-order valence-corrected chi connectivity index (χ0v) is 17.8. The van der Waals surface area contributed by atoms with Crippen LogP contribution in [0.1, 0.15) is 54.7 Å². The second kappa shape index (κ2) is 10.8. The van der Waals surface area contributed by atoms with Gasteiger partial charge in [-0.15, -0.1) is 0 Å². The molecule has 29 heavy (non-hydrogen) atoms. The van der Waals surface area contributed by atoms with Gasteiger partial charge in [0.2, 0.25) is 5.91 Å². The van der Waals surface area contributed by atoms with Gasteiger partial charge >= 0.3 is 5.97 Å². The molecule has 0 aliphatic carbocycles. The van der Waals surface area contributed by atoms with Crippen LogP contribution < -0.4 is 5.32 Å². The molecule has 1 atom stereocenters. The predicted molar refractivity (Wildman–Crippen MR) is 115 cm³/mol. The number of thioether (sulfide) groups is 1. The summed E-state index contributed by atoms with van der Waals surface area (Å²) < 4.78 is 0. The Balaban J connectivity index is 2.22. The van der Waals surface area contributed by atoms with Crippen molar-refractivity contribution in [2.75, 3.05) is 5.32 Å². The van der Waals surface area contributed by atoms with Gasteiger partial charge in [0, 0.05) is 5.69 Å². The van der Waals surface area contributed by atoms with Crippen LogP contribution in [0.4, 0.5) is 5.69 Å². The number of halogens is 1. The van der Waals surface area contributed by atoms with Crippen molar-refractivity contribution >= 4 is 40.9 Å². The summed E-state index contributed by atoms with van der Waals surface area (Å²) in [7, 11) is 0. The van der Waals surface area contributed by atoms with Crippen molar-refractivity contribution < 1.29 is 14.7 Å². The second-order valence-corrected chi connectivity index (χ2v) is 7.97. The molecule has 0 radical (unpaired) electrons. The molecule has 0 spiro atoms. The molecule has 1 aromatic heterocycles. The van der Waals surface area contributed by atoms with Gasteiger partial charge in [0.25, 0.3) is 0 Å². The Morgan fingerprint density at radius 2 is 2.07 bits per heavy atom. The lowest BCUT2D eigenvalue weighted by Crippen LogP contribution is -2.25. The highest BCUT2D eigenvalue weighted by Gasteiger charge is 2.22. The minimum Gasteiger partial charge on any atom is -0.478 e. The first-order chi connectivity index (χ1) is 13.9. The maximum Gasteiger partial charge on any atom is 0.335 e. The molecule has 1 amide bonds. The highest BCUT2D eigenvalue weighted by Crippen LogP contribution is 2.30. The number of rotatable bonds is 9. The maximum absolute atomic E-state index is 12.8. The number of hydrogen-bond acceptors (Lipinski definition) is 5. The largest absolute Gasteiger partial charge is 0.478 e. The number of carbonyl (C=O) groups excluding carboxylic acids is 1. The minimum absolute atomic E-state index is 0.0301. The van der Waals surface area contributed by atoms with Crippen molar-refractivity contribution in [3.8, 4) is 6.07 Å². The van der Waals surface area contributed by atoms with Gasteiger partial charge in [0.05, 0.1) is 27.1 Å². The number of unbranched alkanes of at least 4 members (excludes halogenated alkanes) is 1. The van der Waals surface area contributed by atoms with E-state index in [-0.39, 0.29) is 22.2 Å². The van der Waals surface area contributed by atoms with Crippen molar-refractivity contribution in [1.29, 1.82) is 5.26 Å². The summed E-state index contributed by atoms with van der Waals surface area (Å²) in [5.74, 6) is -1.43. The van der Waals surface area contributed by atoms with Gasteiger partial charge in [-0.1, -0.05) is 43.6 Å². The van der Waals surface area contributed by atoms with E-state index in [1.54, 1.807) is 6.07 Å². The van der Waals surface area contributed by atoms with E-state index in [1.807, 2.05) is 13.0 Å². The summed E-state index contributed by atoms with van der Waals surface area (Å²) >= 11 is 7.33. The van der Waals surface area contributed by atoms with Crippen LogP contribution in [0.25, 0.3) is 0 Å². The van der Waals surface area contributed by atoms with Gasteiger partial charge in [-0.05, 0) is 49.6 Å². The van der Waals surface area contributed by atoms with Crippen LogP contribution in [0, 0.1) is 11.3 Å². The molecular formula is C21H22ClN3O3S. The molecule has 1 unspecified atom stereocenters. The number of carbonyl (C=O) groups is 2. The van der Waals surface area contributed by atoms with E-state index < -0.39 is 11.2 Å². The van der Waals surface area contributed by atoms with Crippen LogP contribution in [0.2, 0.25) is 5.02 Å². The number of aromatic nitrogens is 1. The number of aromatic carboxylic acids is 1. The second-order valence-electron chi connectivity index (χ2n) is 6.37. The van der Waals surface area contributed by atoms with Gasteiger partial charge in [0.15, 0.2) is 0 Å². The third kappa shape index (κ3) is 6.21. The number of nitriles is 1. The normalized spacial score (nSPS) is 11.5. The average Bonchev–Trinajstić information content (AvgIpc) is 2.71. The average molecular weight is 432 g/mol. The van der Waals surface area contributed by atoms with Gasteiger partial charge in [-0.25, -0.2) is 9.78 Å². The monoisotopic (exact) mass is 431 g/mol. The highest BCUT2D eigenvalue weighted by molar-refractivity contribution is 8.00. The summed E-state index contributed by atoms with van der Waals surface area (Å²) in [6, 6.07) is 9.83. The fourth-order valence-electron chi connectivity index (χ4n) is 2.58. The third-order valence-corrected chi connectivity index (χ3v) is 5.91. The van der Waals surface area contributed by atoms with Gasteiger partial charge in [-0.3, -0.25) is 4.79 Å². The predicted octanol–water partition coefficient (Wildman–Crippen LogP) is 5.16. The fraction of sp³-hybridized carbons (Fsp3) is 0.333. The number of hydrogen-bond donors (Lipinski definition) is 2. The lowest BCUT2D eigenvalue weighted by Gasteiger charge is -2.16. The lowest BCUT2D eigenvalue weighted by atomic mass is 10.2. The quantitative estimate of drug-likeness (QED) is 0.531. The molecular weight excluding hydrogens is 410 g/mol. The number of carboxylic acid groups (broad SMARTS) is 1. The first-order valence-corrected chi connectivity index (χ1v) is 10.6. The molecule has 0 bridgehead atoms. The molecule has 8 heteroatoms. The van der Waals surface area contributed by atoms with Crippen LogP contribution in [0.15, 0.2) is 35.4 Å². The van der Waals surface area contributed by atoms with Gasteiger partial charge in [0.1, 0.15) is 11.1 Å². The van der Waals surface area contributed by atoms with Crippen LogP contribution in [0.3, 0.4) is 0 Å². The molecule has 2 N–H and O–H groups in total. The Kier molecular flexibility index (Phi) is 8.50. The molecule has 2 rings (SSSR count). The van der Waals surface area contributed by atoms with Crippen molar-refractivity contribution in [2.24, 2.45) is 0 Å². The molecule has 1 heterocycles. The van der Waals surface area contributed by atoms with E-state index in [9.17, 15) is 14.9 Å². The van der Waals surface area contributed by atoms with Crippen molar-refractivity contribution in [3.05, 3.63) is 52.2 Å². The molecule has 0 fully saturated rings. The summed E-state index contributed by atoms with van der Waals surface area (Å²) in [6.45, 7) is 3.96. The summed E-state index contributed by atoms with van der Waals surface area (Å²) in [5.41, 5.74) is 1.58. The van der Waals surface area contributed by atoms with E-state index >= 15 is 0 Å². The Hall–Kier alpha value is -2.56. The highest BCUT2D eigenvalue weighted by atomic mass is 35.5. The van der Waals surface area contributed by atoms with E-state index in [2.05, 4.69) is 23.3 Å². The van der Waals surface area contributed by atoms with Gasteiger partial charge in [-0.2, -0.15) is 5.26 Å². The fourth-order valence-corrected chi connectivity index (χ4v) is 3.75. The molecule has 0 aliphatic rings. The number of benzene rings is 1. The first kappa shape index (κ1) is 22.7. The standard InChI is InChI=1S/C21H22ClN3O3S/c1-3-5-6-15-9-7-14(12-23)20(24-15)29-18(4-2)19(26)25-17-11-13(21(27)28)8-10-16(17)22/h7-11,18H,3-6H2,1-2H3,(H,25,26)(H,27,28). The number of carboxylic acids is 1. The van der Waals surface area contributed by atoms with Crippen LogP contribution in [-0.2, 0) is 11.2 Å². The summed E-state index contributed by atoms with van der Waals surface area (Å²) in [6.07, 6.45) is 3.36. The van der Waals surface area contributed by atoms with Crippen molar-refractivity contribution in [1.82, 2.24) is 4.98 Å². The number of nitrogens with one attached hydrogen (secondary N) is 1. The molecule has 2 aromatic rings. The molecule has 0 saturated carbocycles. The Labute approximate surface area is 179 Å². The first-order valence-electron chi connectivity index (χ1n) is 9.29.